The van der Waals surface area contributed by atoms with Crippen molar-refractivity contribution >= 4 is 21.6 Å². The Kier molecular flexibility index (Phi) is 6.05. The lowest BCUT2D eigenvalue weighted by atomic mass is 10.1. The second kappa shape index (κ2) is 8.63. The summed E-state index contributed by atoms with van der Waals surface area (Å²) in [6.07, 6.45) is 2.35. The second-order valence-corrected chi connectivity index (χ2v) is 9.98. The van der Waals surface area contributed by atoms with Gasteiger partial charge in [0.1, 0.15) is 0 Å². The zero-order valence-electron chi connectivity index (χ0n) is 18.8. The first-order chi connectivity index (χ1) is 15.3. The van der Waals surface area contributed by atoms with E-state index < -0.39 is 10.0 Å². The topological polar surface area (TPSA) is 85.4 Å². The minimum Gasteiger partial charge on any atom is -0.493 e. The molecule has 32 heavy (non-hydrogen) atoms. The molecule has 1 amide bonds. The summed E-state index contributed by atoms with van der Waals surface area (Å²) in [5, 5.41) is 0. The summed E-state index contributed by atoms with van der Waals surface area (Å²) in [7, 11) is 1.00. The lowest BCUT2D eigenvalue weighted by molar-refractivity contribution is 0.0980. The standard InChI is InChI=1S/C23H28N2O6S/c1-15-11-16-12-18(32(27,28)24-9-5-6-10-24)7-8-19(16)25(15)23(26)17-13-20(29-2)22(31-4)21(14-17)30-3/h7-8,12-15H,5-6,9-11H2,1-4H3. The molecule has 9 heteroatoms. The molecule has 1 atom stereocenters. The normalized spacial score (nSPS) is 18.5. The first-order valence-electron chi connectivity index (χ1n) is 10.6. The Morgan fingerprint density at radius 1 is 0.969 bits per heavy atom. The van der Waals surface area contributed by atoms with Gasteiger partial charge in [-0.1, -0.05) is 0 Å². The molecule has 2 aliphatic heterocycles. The number of benzene rings is 2. The smallest absolute Gasteiger partial charge is 0.258 e. The molecule has 2 aromatic rings. The zero-order chi connectivity index (χ0) is 23.0. The number of nitrogens with zero attached hydrogens (tertiary/aromatic N) is 2. The van der Waals surface area contributed by atoms with Crippen LogP contribution in [0.3, 0.4) is 0 Å². The summed E-state index contributed by atoms with van der Waals surface area (Å²) in [6, 6.07) is 8.17. The van der Waals surface area contributed by atoms with Gasteiger partial charge in [-0.2, -0.15) is 4.31 Å². The number of ether oxygens (including phenoxy) is 3. The minimum atomic E-state index is -3.51. The maximum Gasteiger partial charge on any atom is 0.258 e. The molecule has 0 radical (unpaired) electrons. The van der Waals surface area contributed by atoms with E-state index in [0.29, 0.717) is 42.3 Å². The van der Waals surface area contributed by atoms with E-state index >= 15 is 0 Å². The lowest BCUT2D eigenvalue weighted by Crippen LogP contribution is -2.35. The molecule has 0 aliphatic carbocycles. The van der Waals surface area contributed by atoms with Crippen LogP contribution >= 0.6 is 0 Å². The monoisotopic (exact) mass is 460 g/mol. The van der Waals surface area contributed by atoms with Crippen molar-refractivity contribution < 1.29 is 27.4 Å². The summed E-state index contributed by atoms with van der Waals surface area (Å²) < 4.78 is 43.6. The highest BCUT2D eigenvalue weighted by Gasteiger charge is 2.35. The summed E-state index contributed by atoms with van der Waals surface area (Å²) in [5.74, 6) is 0.993. The van der Waals surface area contributed by atoms with Crippen LogP contribution in [0.5, 0.6) is 17.2 Å². The van der Waals surface area contributed by atoms with Gasteiger partial charge in [-0.05, 0) is 62.1 Å². The van der Waals surface area contributed by atoms with Crippen LogP contribution in [0.2, 0.25) is 0 Å². The quantitative estimate of drug-likeness (QED) is 0.659. The van der Waals surface area contributed by atoms with Gasteiger partial charge < -0.3 is 19.1 Å². The summed E-state index contributed by atoms with van der Waals surface area (Å²) >= 11 is 0. The Bertz CT molecular complexity index is 1120. The predicted molar refractivity (Wildman–Crippen MR) is 121 cm³/mol. The molecule has 8 nitrogen and oxygen atoms in total. The maximum absolute atomic E-state index is 13.5. The van der Waals surface area contributed by atoms with Crippen LogP contribution in [0, 0.1) is 0 Å². The third kappa shape index (κ3) is 3.69. The SMILES string of the molecule is COc1cc(C(=O)N2c3ccc(S(=O)(=O)N4CCCC4)cc3CC2C)cc(OC)c1OC. The molecule has 0 aromatic heterocycles. The van der Waals surface area contributed by atoms with Crippen LogP contribution in [-0.2, 0) is 16.4 Å². The number of carbonyl (C=O) groups excluding carboxylic acids is 1. The molecule has 0 saturated carbocycles. The van der Waals surface area contributed by atoms with Crippen LogP contribution in [0.1, 0.15) is 35.7 Å². The number of hydrogen-bond donors (Lipinski definition) is 0. The van der Waals surface area contributed by atoms with Crippen LogP contribution in [0.4, 0.5) is 5.69 Å². The van der Waals surface area contributed by atoms with E-state index in [9.17, 15) is 13.2 Å². The number of amides is 1. The Morgan fingerprint density at radius 2 is 1.59 bits per heavy atom. The van der Waals surface area contributed by atoms with Crippen molar-refractivity contribution in [3.63, 3.8) is 0 Å². The van der Waals surface area contributed by atoms with Crippen molar-refractivity contribution in [2.24, 2.45) is 0 Å². The highest BCUT2D eigenvalue weighted by molar-refractivity contribution is 7.89. The average Bonchev–Trinajstić information content (AvgIpc) is 3.44. The van der Waals surface area contributed by atoms with Crippen molar-refractivity contribution in [3.8, 4) is 17.2 Å². The third-order valence-corrected chi connectivity index (χ3v) is 7.99. The average molecular weight is 461 g/mol. The first kappa shape index (κ1) is 22.4. The Labute approximate surface area is 188 Å². The fraction of sp³-hybridized carbons (Fsp3) is 0.435. The molecule has 172 valence electrons. The van der Waals surface area contributed by atoms with E-state index in [2.05, 4.69) is 0 Å². The third-order valence-electron chi connectivity index (χ3n) is 6.10. The summed E-state index contributed by atoms with van der Waals surface area (Å²) in [6.45, 7) is 3.06. The number of carbonyl (C=O) groups is 1. The van der Waals surface area contributed by atoms with Gasteiger partial charge in [0.25, 0.3) is 5.91 Å². The molecule has 1 unspecified atom stereocenters. The molecule has 1 fully saturated rings. The van der Waals surface area contributed by atoms with Gasteiger partial charge in [-0.15, -0.1) is 0 Å². The van der Waals surface area contributed by atoms with Crippen LogP contribution < -0.4 is 19.1 Å². The van der Waals surface area contributed by atoms with E-state index in [1.54, 1.807) is 35.2 Å². The van der Waals surface area contributed by atoms with Crippen LogP contribution in [0.15, 0.2) is 35.2 Å². The van der Waals surface area contributed by atoms with Gasteiger partial charge >= 0.3 is 0 Å². The number of anilines is 1. The van der Waals surface area contributed by atoms with Gasteiger partial charge in [0, 0.05) is 30.4 Å². The van der Waals surface area contributed by atoms with Crippen molar-refractivity contribution in [3.05, 3.63) is 41.5 Å². The number of hydrogen-bond acceptors (Lipinski definition) is 6. The number of rotatable bonds is 6. The number of sulfonamides is 1. The van der Waals surface area contributed by atoms with Crippen LogP contribution in [0.25, 0.3) is 0 Å². The Hall–Kier alpha value is -2.78. The summed E-state index contributed by atoms with van der Waals surface area (Å²) in [4.78, 5) is 15.5. The maximum atomic E-state index is 13.5. The highest BCUT2D eigenvalue weighted by atomic mass is 32.2. The molecule has 0 N–H and O–H groups in total. The fourth-order valence-corrected chi connectivity index (χ4v) is 6.07. The largest absolute Gasteiger partial charge is 0.493 e. The van der Waals surface area contributed by atoms with E-state index in [-0.39, 0.29) is 16.8 Å². The molecule has 4 rings (SSSR count). The molecular formula is C23H28N2O6S. The first-order valence-corrected chi connectivity index (χ1v) is 12.0. The van der Waals surface area contributed by atoms with Gasteiger partial charge in [0.05, 0.1) is 26.2 Å². The number of fused-ring (bicyclic) bond motifs is 1. The molecule has 1 saturated heterocycles. The molecular weight excluding hydrogens is 432 g/mol. The summed E-state index contributed by atoms with van der Waals surface area (Å²) in [5.41, 5.74) is 1.96. The van der Waals surface area contributed by atoms with Gasteiger partial charge in [0.2, 0.25) is 15.8 Å². The predicted octanol–water partition coefficient (Wildman–Crippen LogP) is 3.09. The molecule has 0 bridgehead atoms. The second-order valence-electron chi connectivity index (χ2n) is 8.04. The van der Waals surface area contributed by atoms with Gasteiger partial charge in [-0.25, -0.2) is 8.42 Å². The fourth-order valence-electron chi connectivity index (χ4n) is 4.50. The lowest BCUT2D eigenvalue weighted by Gasteiger charge is -2.24. The molecule has 0 spiro atoms. The molecule has 2 aromatic carbocycles. The molecule has 2 heterocycles. The van der Waals surface area contributed by atoms with Crippen molar-refractivity contribution in [1.29, 1.82) is 0 Å². The van der Waals surface area contributed by atoms with E-state index in [1.165, 1.54) is 25.6 Å². The minimum absolute atomic E-state index is 0.124. The van der Waals surface area contributed by atoms with Crippen molar-refractivity contribution in [1.82, 2.24) is 4.31 Å². The Morgan fingerprint density at radius 3 is 2.16 bits per heavy atom. The van der Waals surface area contributed by atoms with Crippen molar-refractivity contribution in [2.75, 3.05) is 39.3 Å². The van der Waals surface area contributed by atoms with Crippen molar-refractivity contribution in [2.45, 2.75) is 37.1 Å². The number of methoxy groups -OCH3 is 3. The van der Waals surface area contributed by atoms with Crippen LogP contribution in [-0.4, -0.2) is 59.1 Å². The Balaban J connectivity index is 1.69. The van der Waals surface area contributed by atoms with E-state index in [1.807, 2.05) is 6.92 Å². The molecule has 2 aliphatic rings. The van der Waals surface area contributed by atoms with E-state index in [0.717, 1.165) is 24.1 Å². The highest BCUT2D eigenvalue weighted by Crippen LogP contribution is 2.40. The van der Waals surface area contributed by atoms with E-state index in [4.69, 9.17) is 14.2 Å². The van der Waals surface area contributed by atoms with Gasteiger partial charge in [-0.3, -0.25) is 4.79 Å². The zero-order valence-corrected chi connectivity index (χ0v) is 19.6. The van der Waals surface area contributed by atoms with Gasteiger partial charge in [0.15, 0.2) is 11.5 Å².